The average molecular weight is 270 g/mol. The third kappa shape index (κ3) is 2.64. The minimum atomic E-state index is 0.337. The summed E-state index contributed by atoms with van der Waals surface area (Å²) in [6, 6.07) is 7.95. The molecule has 20 heavy (non-hydrogen) atoms. The van der Waals surface area contributed by atoms with E-state index in [1.807, 2.05) is 52.0 Å². The second-order valence-electron chi connectivity index (χ2n) is 5.48. The number of aromatic hydroxyl groups is 2. The van der Waals surface area contributed by atoms with E-state index in [2.05, 4.69) is 0 Å². The van der Waals surface area contributed by atoms with Crippen molar-refractivity contribution in [2.24, 2.45) is 0 Å². The molecule has 0 atom stereocenters. The van der Waals surface area contributed by atoms with Crippen molar-refractivity contribution in [3.05, 3.63) is 57.6 Å². The highest BCUT2D eigenvalue weighted by molar-refractivity contribution is 5.50. The van der Waals surface area contributed by atoms with Crippen LogP contribution in [-0.4, -0.2) is 10.2 Å². The maximum atomic E-state index is 10.3. The summed E-state index contributed by atoms with van der Waals surface area (Å²) in [5, 5.41) is 20.6. The van der Waals surface area contributed by atoms with Crippen molar-refractivity contribution in [2.75, 3.05) is 0 Å². The van der Waals surface area contributed by atoms with Crippen LogP contribution in [-0.2, 0) is 12.8 Å². The average Bonchev–Trinajstić information content (AvgIpc) is 2.42. The SMILES string of the molecule is CCc1cc(C)cc(Cc2ccc(C)c(C)c2O)c1O. The Hall–Kier alpha value is -1.96. The molecule has 0 aromatic heterocycles. The van der Waals surface area contributed by atoms with Crippen LogP contribution >= 0.6 is 0 Å². The molecule has 0 amide bonds. The molecule has 0 saturated carbocycles. The number of phenolic OH excluding ortho intramolecular Hbond substituents is 2. The minimum absolute atomic E-state index is 0.337. The minimum Gasteiger partial charge on any atom is -0.507 e. The lowest BCUT2D eigenvalue weighted by molar-refractivity contribution is 0.457. The molecule has 0 unspecified atom stereocenters. The van der Waals surface area contributed by atoms with Crippen molar-refractivity contribution >= 4 is 0 Å². The molecular formula is C18H22O2. The van der Waals surface area contributed by atoms with Gasteiger partial charge in [0.15, 0.2) is 0 Å². The van der Waals surface area contributed by atoms with Gasteiger partial charge in [-0.3, -0.25) is 0 Å². The smallest absolute Gasteiger partial charge is 0.122 e. The topological polar surface area (TPSA) is 40.5 Å². The Morgan fingerprint density at radius 2 is 1.50 bits per heavy atom. The van der Waals surface area contributed by atoms with Gasteiger partial charge in [0, 0.05) is 6.42 Å². The van der Waals surface area contributed by atoms with Gasteiger partial charge in [0.25, 0.3) is 0 Å². The number of rotatable bonds is 3. The first-order valence-corrected chi connectivity index (χ1v) is 7.03. The predicted molar refractivity (Wildman–Crippen MR) is 82.6 cm³/mol. The second kappa shape index (κ2) is 5.58. The van der Waals surface area contributed by atoms with E-state index in [9.17, 15) is 10.2 Å². The van der Waals surface area contributed by atoms with E-state index >= 15 is 0 Å². The van der Waals surface area contributed by atoms with Gasteiger partial charge in [0.2, 0.25) is 0 Å². The molecule has 0 spiro atoms. The third-order valence-corrected chi connectivity index (χ3v) is 3.96. The highest BCUT2D eigenvalue weighted by atomic mass is 16.3. The molecule has 0 heterocycles. The number of benzene rings is 2. The van der Waals surface area contributed by atoms with Crippen molar-refractivity contribution in [3.63, 3.8) is 0 Å². The summed E-state index contributed by atoms with van der Waals surface area (Å²) in [5.41, 5.74) is 5.82. The zero-order chi connectivity index (χ0) is 14.9. The van der Waals surface area contributed by atoms with Gasteiger partial charge in [0.05, 0.1) is 0 Å². The lowest BCUT2D eigenvalue weighted by atomic mass is 9.95. The quantitative estimate of drug-likeness (QED) is 0.878. The fraction of sp³-hybridized carbons (Fsp3) is 0.333. The van der Waals surface area contributed by atoms with Crippen molar-refractivity contribution in [1.29, 1.82) is 0 Å². The van der Waals surface area contributed by atoms with Gasteiger partial charge >= 0.3 is 0 Å². The zero-order valence-corrected chi connectivity index (χ0v) is 12.6. The van der Waals surface area contributed by atoms with E-state index in [1.165, 1.54) is 0 Å². The number of hydrogen-bond donors (Lipinski definition) is 2. The summed E-state index contributed by atoms with van der Waals surface area (Å²) in [4.78, 5) is 0. The summed E-state index contributed by atoms with van der Waals surface area (Å²) < 4.78 is 0. The Labute approximate surface area is 120 Å². The molecule has 2 nitrogen and oxygen atoms in total. The Balaban J connectivity index is 2.45. The van der Waals surface area contributed by atoms with Crippen LogP contribution in [0.2, 0.25) is 0 Å². The summed E-state index contributed by atoms with van der Waals surface area (Å²) in [6.07, 6.45) is 1.35. The Kier molecular flexibility index (Phi) is 4.03. The highest BCUT2D eigenvalue weighted by Crippen LogP contribution is 2.31. The second-order valence-corrected chi connectivity index (χ2v) is 5.48. The molecule has 106 valence electrons. The molecule has 0 aliphatic heterocycles. The molecule has 2 rings (SSSR count). The number of aryl methyl sites for hydroxylation is 3. The van der Waals surface area contributed by atoms with Crippen molar-refractivity contribution in [2.45, 2.75) is 40.5 Å². The van der Waals surface area contributed by atoms with Crippen LogP contribution in [0.3, 0.4) is 0 Å². The lowest BCUT2D eigenvalue weighted by Crippen LogP contribution is -1.96. The summed E-state index contributed by atoms with van der Waals surface area (Å²) in [5.74, 6) is 0.694. The first-order chi connectivity index (χ1) is 9.43. The molecule has 0 radical (unpaired) electrons. The van der Waals surface area contributed by atoms with E-state index in [4.69, 9.17) is 0 Å². The van der Waals surface area contributed by atoms with Crippen LogP contribution in [0, 0.1) is 20.8 Å². The van der Waals surface area contributed by atoms with Crippen LogP contribution < -0.4 is 0 Å². The van der Waals surface area contributed by atoms with Gasteiger partial charge in [-0.1, -0.05) is 36.8 Å². The molecule has 0 aliphatic carbocycles. The van der Waals surface area contributed by atoms with Gasteiger partial charge in [-0.15, -0.1) is 0 Å². The third-order valence-electron chi connectivity index (χ3n) is 3.96. The largest absolute Gasteiger partial charge is 0.507 e. The molecule has 2 aromatic carbocycles. The van der Waals surface area contributed by atoms with E-state index in [1.54, 1.807) is 0 Å². The molecule has 2 heteroatoms. The summed E-state index contributed by atoms with van der Waals surface area (Å²) in [7, 11) is 0. The monoisotopic (exact) mass is 270 g/mol. The fourth-order valence-corrected chi connectivity index (χ4v) is 2.54. The molecule has 0 aliphatic rings. The maximum absolute atomic E-state index is 10.3. The van der Waals surface area contributed by atoms with Crippen LogP contribution in [0.15, 0.2) is 24.3 Å². The first kappa shape index (κ1) is 14.4. The van der Waals surface area contributed by atoms with Crippen molar-refractivity contribution in [1.82, 2.24) is 0 Å². The van der Waals surface area contributed by atoms with Gasteiger partial charge in [-0.25, -0.2) is 0 Å². The van der Waals surface area contributed by atoms with E-state index in [0.29, 0.717) is 17.9 Å². The fourth-order valence-electron chi connectivity index (χ4n) is 2.54. The van der Waals surface area contributed by atoms with Crippen molar-refractivity contribution < 1.29 is 10.2 Å². The van der Waals surface area contributed by atoms with Crippen LogP contribution in [0.5, 0.6) is 11.5 Å². The van der Waals surface area contributed by atoms with Crippen LogP contribution in [0.25, 0.3) is 0 Å². The molecule has 0 bridgehead atoms. The molecule has 2 aromatic rings. The van der Waals surface area contributed by atoms with Gasteiger partial charge in [-0.2, -0.15) is 0 Å². The predicted octanol–water partition coefficient (Wildman–Crippen LogP) is 4.18. The zero-order valence-electron chi connectivity index (χ0n) is 12.6. The first-order valence-electron chi connectivity index (χ1n) is 7.03. The Bertz CT molecular complexity index is 642. The number of phenols is 2. The highest BCUT2D eigenvalue weighted by Gasteiger charge is 2.12. The van der Waals surface area contributed by atoms with E-state index < -0.39 is 0 Å². The van der Waals surface area contributed by atoms with Gasteiger partial charge < -0.3 is 10.2 Å². The molecule has 0 fully saturated rings. The summed E-state index contributed by atoms with van der Waals surface area (Å²) >= 11 is 0. The van der Waals surface area contributed by atoms with Crippen molar-refractivity contribution in [3.8, 4) is 11.5 Å². The molecule has 0 saturated heterocycles. The molecule has 2 N–H and O–H groups in total. The summed E-state index contributed by atoms with van der Waals surface area (Å²) in [6.45, 7) is 7.97. The van der Waals surface area contributed by atoms with Gasteiger partial charge in [0.1, 0.15) is 11.5 Å². The normalized spacial score (nSPS) is 10.8. The Morgan fingerprint density at radius 1 is 0.850 bits per heavy atom. The van der Waals surface area contributed by atoms with E-state index in [0.717, 1.165) is 39.8 Å². The maximum Gasteiger partial charge on any atom is 0.122 e. The van der Waals surface area contributed by atoms with E-state index in [-0.39, 0.29) is 0 Å². The number of hydrogen-bond acceptors (Lipinski definition) is 2. The van der Waals surface area contributed by atoms with Crippen LogP contribution in [0.4, 0.5) is 0 Å². The standard InChI is InChI=1S/C18H22O2/c1-5-14-8-11(2)9-16(18(14)20)10-15-7-6-12(3)13(4)17(15)19/h6-9,19-20H,5,10H2,1-4H3. The van der Waals surface area contributed by atoms with Crippen LogP contribution in [0.1, 0.15) is 40.3 Å². The Morgan fingerprint density at radius 3 is 2.15 bits per heavy atom. The molecular weight excluding hydrogens is 248 g/mol. The lowest BCUT2D eigenvalue weighted by Gasteiger charge is -2.13. The van der Waals surface area contributed by atoms with Gasteiger partial charge in [-0.05, 0) is 55.0 Å².